The Balaban J connectivity index is 1.94. The Morgan fingerprint density at radius 3 is 2.15 bits per heavy atom. The fourth-order valence-electron chi connectivity index (χ4n) is 3.51. The molecule has 0 amide bonds. The van der Waals surface area contributed by atoms with Crippen molar-refractivity contribution in [3.8, 4) is 0 Å². The highest BCUT2D eigenvalue weighted by molar-refractivity contribution is 5.25. The first-order valence-corrected chi connectivity index (χ1v) is 8.37. The Morgan fingerprint density at radius 1 is 1.05 bits per heavy atom. The molecule has 1 fully saturated rings. The van der Waals surface area contributed by atoms with Crippen LogP contribution in [0.1, 0.15) is 70.1 Å². The zero-order valence-electron chi connectivity index (χ0n) is 13.3. The van der Waals surface area contributed by atoms with Crippen molar-refractivity contribution in [2.24, 2.45) is 17.8 Å². The molecule has 1 saturated carbocycles. The lowest BCUT2D eigenvalue weighted by atomic mass is 9.77. The first-order chi connectivity index (χ1) is 9.60. The van der Waals surface area contributed by atoms with Gasteiger partial charge in [0.15, 0.2) is 0 Å². The second kappa shape index (κ2) is 7.26. The van der Waals surface area contributed by atoms with E-state index in [1.807, 2.05) is 0 Å². The van der Waals surface area contributed by atoms with Crippen LogP contribution in [0.5, 0.6) is 0 Å². The molecule has 0 radical (unpaired) electrons. The number of aliphatic hydroxyl groups excluding tert-OH is 1. The first kappa shape index (κ1) is 15.6. The summed E-state index contributed by atoms with van der Waals surface area (Å²) in [5.74, 6) is 2.05. The molecule has 0 bridgehead atoms. The van der Waals surface area contributed by atoms with E-state index in [2.05, 4.69) is 45.0 Å². The van der Waals surface area contributed by atoms with Crippen LogP contribution in [-0.4, -0.2) is 5.11 Å². The molecule has 1 heteroatoms. The molecule has 20 heavy (non-hydrogen) atoms. The third-order valence-corrected chi connectivity index (χ3v) is 4.88. The maximum atomic E-state index is 10.6. The normalized spacial score (nSPS) is 24.9. The summed E-state index contributed by atoms with van der Waals surface area (Å²) < 4.78 is 0. The second-order valence-corrected chi connectivity index (χ2v) is 6.97. The molecule has 1 atom stereocenters. The fourth-order valence-corrected chi connectivity index (χ4v) is 3.51. The molecule has 1 nitrogen and oxygen atoms in total. The Bertz CT molecular complexity index is 385. The number of rotatable bonds is 5. The quantitative estimate of drug-likeness (QED) is 0.788. The largest absolute Gasteiger partial charge is 0.388 e. The van der Waals surface area contributed by atoms with E-state index in [0.29, 0.717) is 11.8 Å². The van der Waals surface area contributed by atoms with Crippen molar-refractivity contribution in [2.75, 3.05) is 0 Å². The Hall–Kier alpha value is -0.820. The Morgan fingerprint density at radius 2 is 1.65 bits per heavy atom. The van der Waals surface area contributed by atoms with Crippen molar-refractivity contribution < 1.29 is 5.11 Å². The third kappa shape index (κ3) is 4.09. The lowest BCUT2D eigenvalue weighted by molar-refractivity contribution is 0.0729. The molecular weight excluding hydrogens is 244 g/mol. The molecule has 1 N–H and O–H groups in total. The van der Waals surface area contributed by atoms with Gasteiger partial charge in [-0.1, -0.05) is 64.3 Å². The van der Waals surface area contributed by atoms with E-state index in [9.17, 15) is 5.11 Å². The van der Waals surface area contributed by atoms with Gasteiger partial charge in [-0.05, 0) is 48.1 Å². The van der Waals surface area contributed by atoms with Crippen LogP contribution >= 0.6 is 0 Å². The summed E-state index contributed by atoms with van der Waals surface area (Å²) >= 11 is 0. The lowest BCUT2D eigenvalue weighted by Crippen LogP contribution is -2.20. The summed E-state index contributed by atoms with van der Waals surface area (Å²) in [6.07, 6.45) is 7.12. The molecule has 1 aromatic rings. The maximum absolute atomic E-state index is 10.6. The topological polar surface area (TPSA) is 20.2 Å². The summed E-state index contributed by atoms with van der Waals surface area (Å²) in [7, 11) is 0. The monoisotopic (exact) mass is 274 g/mol. The lowest BCUT2D eigenvalue weighted by Gasteiger charge is -2.31. The van der Waals surface area contributed by atoms with Gasteiger partial charge < -0.3 is 5.11 Å². The van der Waals surface area contributed by atoms with Crippen LogP contribution in [0.15, 0.2) is 24.3 Å². The van der Waals surface area contributed by atoms with Crippen LogP contribution in [0.25, 0.3) is 0 Å². The van der Waals surface area contributed by atoms with Gasteiger partial charge in [-0.15, -0.1) is 0 Å². The standard InChI is InChI=1S/C19H30O/c1-4-15-5-9-17(10-6-15)19(20)18-11-7-16(8-12-18)13-14(2)3/h7-8,11-12,14-15,17,19-20H,4-6,9-10,13H2,1-3H3. The average Bonchev–Trinajstić information content (AvgIpc) is 2.47. The molecule has 0 spiro atoms. The van der Waals surface area contributed by atoms with Gasteiger partial charge in [-0.25, -0.2) is 0 Å². The fraction of sp³-hybridized carbons (Fsp3) is 0.684. The van der Waals surface area contributed by atoms with Crippen molar-refractivity contribution in [3.05, 3.63) is 35.4 Å². The van der Waals surface area contributed by atoms with E-state index >= 15 is 0 Å². The highest BCUT2D eigenvalue weighted by Gasteiger charge is 2.26. The van der Waals surface area contributed by atoms with Crippen LogP contribution in [0.4, 0.5) is 0 Å². The van der Waals surface area contributed by atoms with Gasteiger partial charge >= 0.3 is 0 Å². The minimum absolute atomic E-state index is 0.263. The van der Waals surface area contributed by atoms with E-state index in [0.717, 1.165) is 17.9 Å². The van der Waals surface area contributed by atoms with Gasteiger partial charge in [-0.3, -0.25) is 0 Å². The molecule has 0 aromatic heterocycles. The van der Waals surface area contributed by atoms with Crippen LogP contribution in [-0.2, 0) is 6.42 Å². The van der Waals surface area contributed by atoms with E-state index in [1.54, 1.807) is 0 Å². The number of benzene rings is 1. The van der Waals surface area contributed by atoms with Crippen molar-refractivity contribution in [1.29, 1.82) is 0 Å². The van der Waals surface area contributed by atoms with Crippen LogP contribution in [0.3, 0.4) is 0 Å². The smallest absolute Gasteiger partial charge is 0.0818 e. The summed E-state index contributed by atoms with van der Waals surface area (Å²) in [5, 5.41) is 10.6. The second-order valence-electron chi connectivity index (χ2n) is 6.97. The minimum Gasteiger partial charge on any atom is -0.388 e. The minimum atomic E-state index is -0.263. The zero-order chi connectivity index (χ0) is 14.5. The van der Waals surface area contributed by atoms with E-state index in [4.69, 9.17) is 0 Å². The molecule has 1 unspecified atom stereocenters. The van der Waals surface area contributed by atoms with Gasteiger partial charge in [0.1, 0.15) is 0 Å². The Kier molecular flexibility index (Phi) is 5.65. The molecule has 2 rings (SSSR count). The molecule has 0 heterocycles. The summed E-state index contributed by atoms with van der Waals surface area (Å²) in [6, 6.07) is 8.65. The SMILES string of the molecule is CCC1CCC(C(O)c2ccc(CC(C)C)cc2)CC1. The summed E-state index contributed by atoms with van der Waals surface area (Å²) in [5.41, 5.74) is 2.49. The molecule has 112 valence electrons. The number of hydrogen-bond donors (Lipinski definition) is 1. The molecule has 1 aliphatic carbocycles. The zero-order valence-corrected chi connectivity index (χ0v) is 13.3. The first-order valence-electron chi connectivity index (χ1n) is 8.37. The van der Waals surface area contributed by atoms with Crippen molar-refractivity contribution in [3.63, 3.8) is 0 Å². The van der Waals surface area contributed by atoms with Gasteiger partial charge in [-0.2, -0.15) is 0 Å². The highest BCUT2D eigenvalue weighted by atomic mass is 16.3. The highest BCUT2D eigenvalue weighted by Crippen LogP contribution is 2.37. The van der Waals surface area contributed by atoms with Crippen LogP contribution in [0, 0.1) is 17.8 Å². The number of hydrogen-bond acceptors (Lipinski definition) is 1. The third-order valence-electron chi connectivity index (χ3n) is 4.88. The molecule has 0 saturated heterocycles. The summed E-state index contributed by atoms with van der Waals surface area (Å²) in [4.78, 5) is 0. The van der Waals surface area contributed by atoms with Gasteiger partial charge in [0.25, 0.3) is 0 Å². The maximum Gasteiger partial charge on any atom is 0.0818 e. The summed E-state index contributed by atoms with van der Waals surface area (Å²) in [6.45, 7) is 6.78. The van der Waals surface area contributed by atoms with E-state index in [-0.39, 0.29) is 6.10 Å². The van der Waals surface area contributed by atoms with E-state index < -0.39 is 0 Å². The molecular formula is C19H30O. The Labute approximate surface area is 124 Å². The van der Waals surface area contributed by atoms with Gasteiger partial charge in [0.2, 0.25) is 0 Å². The van der Waals surface area contributed by atoms with Crippen LogP contribution < -0.4 is 0 Å². The molecule has 0 aliphatic heterocycles. The van der Waals surface area contributed by atoms with Crippen LogP contribution in [0.2, 0.25) is 0 Å². The van der Waals surface area contributed by atoms with Gasteiger partial charge in [0, 0.05) is 0 Å². The predicted octanol–water partition coefficient (Wildman–Crippen LogP) is 5.13. The van der Waals surface area contributed by atoms with Crippen molar-refractivity contribution >= 4 is 0 Å². The molecule has 1 aliphatic rings. The number of aliphatic hydroxyl groups is 1. The average molecular weight is 274 g/mol. The molecule has 1 aromatic carbocycles. The van der Waals surface area contributed by atoms with Crippen molar-refractivity contribution in [2.45, 2.75) is 65.4 Å². The van der Waals surface area contributed by atoms with Crippen molar-refractivity contribution in [1.82, 2.24) is 0 Å². The predicted molar refractivity (Wildman–Crippen MR) is 85.7 cm³/mol. The van der Waals surface area contributed by atoms with Gasteiger partial charge in [0.05, 0.1) is 6.10 Å². The van der Waals surface area contributed by atoms with E-state index in [1.165, 1.54) is 37.7 Å².